The topological polar surface area (TPSA) is 61.0 Å². The van der Waals surface area contributed by atoms with Gasteiger partial charge in [0.1, 0.15) is 0 Å². The van der Waals surface area contributed by atoms with Crippen molar-refractivity contribution < 1.29 is 9.13 Å². The predicted molar refractivity (Wildman–Crippen MR) is 71.4 cm³/mol. The van der Waals surface area contributed by atoms with Gasteiger partial charge in [0.25, 0.3) is 0 Å². The SMILES string of the molecule is CC(CCOc1ncc(F)c(N)n1)c1ccccc1. The third-order valence-corrected chi connectivity index (χ3v) is 2.90. The van der Waals surface area contributed by atoms with Crippen molar-refractivity contribution in [3.63, 3.8) is 0 Å². The molecule has 2 rings (SSSR count). The zero-order chi connectivity index (χ0) is 13.7. The summed E-state index contributed by atoms with van der Waals surface area (Å²) in [6.07, 6.45) is 1.84. The van der Waals surface area contributed by atoms with Gasteiger partial charge in [0.15, 0.2) is 11.6 Å². The average Bonchev–Trinajstić information content (AvgIpc) is 2.43. The van der Waals surface area contributed by atoms with Crippen LogP contribution in [0.5, 0.6) is 6.01 Å². The van der Waals surface area contributed by atoms with Crippen LogP contribution in [-0.2, 0) is 0 Å². The first-order valence-electron chi connectivity index (χ1n) is 6.12. The number of rotatable bonds is 5. The monoisotopic (exact) mass is 261 g/mol. The van der Waals surface area contributed by atoms with Gasteiger partial charge in [-0.15, -0.1) is 0 Å². The molecule has 0 bridgehead atoms. The number of nitrogen functional groups attached to an aromatic ring is 1. The molecule has 5 heteroatoms. The number of halogens is 1. The van der Waals surface area contributed by atoms with Gasteiger partial charge in [0.05, 0.1) is 12.8 Å². The Morgan fingerprint density at radius 2 is 2.05 bits per heavy atom. The highest BCUT2D eigenvalue weighted by atomic mass is 19.1. The fourth-order valence-electron chi connectivity index (χ4n) is 1.71. The van der Waals surface area contributed by atoms with Crippen LogP contribution < -0.4 is 10.5 Å². The van der Waals surface area contributed by atoms with E-state index in [9.17, 15) is 4.39 Å². The summed E-state index contributed by atoms with van der Waals surface area (Å²) >= 11 is 0. The van der Waals surface area contributed by atoms with E-state index in [0.717, 1.165) is 12.6 Å². The Morgan fingerprint density at radius 3 is 2.74 bits per heavy atom. The predicted octanol–water partition coefficient (Wildman–Crippen LogP) is 2.77. The van der Waals surface area contributed by atoms with E-state index in [1.54, 1.807) is 0 Å². The normalized spacial score (nSPS) is 12.1. The van der Waals surface area contributed by atoms with E-state index in [2.05, 4.69) is 29.0 Å². The lowest BCUT2D eigenvalue weighted by atomic mass is 9.98. The molecule has 0 fully saturated rings. The quantitative estimate of drug-likeness (QED) is 0.899. The molecule has 0 amide bonds. The highest BCUT2D eigenvalue weighted by Crippen LogP contribution is 2.18. The maximum atomic E-state index is 12.9. The molecule has 4 nitrogen and oxygen atoms in total. The van der Waals surface area contributed by atoms with Crippen molar-refractivity contribution >= 4 is 5.82 Å². The van der Waals surface area contributed by atoms with E-state index >= 15 is 0 Å². The van der Waals surface area contributed by atoms with Crippen LogP contribution in [0, 0.1) is 5.82 Å². The Hall–Kier alpha value is -2.17. The summed E-state index contributed by atoms with van der Waals surface area (Å²) in [6, 6.07) is 10.3. The highest BCUT2D eigenvalue weighted by molar-refractivity contribution is 5.29. The standard InChI is InChI=1S/C14H16FN3O/c1-10(11-5-3-2-4-6-11)7-8-19-14-17-9-12(15)13(16)18-14/h2-6,9-10H,7-8H2,1H3,(H2,16,17,18). The Morgan fingerprint density at radius 1 is 1.32 bits per heavy atom. The van der Waals surface area contributed by atoms with Gasteiger partial charge >= 0.3 is 6.01 Å². The number of nitrogens with two attached hydrogens (primary N) is 1. The first-order valence-corrected chi connectivity index (χ1v) is 6.12. The van der Waals surface area contributed by atoms with Gasteiger partial charge in [0.2, 0.25) is 0 Å². The van der Waals surface area contributed by atoms with Gasteiger partial charge in [-0.25, -0.2) is 9.37 Å². The van der Waals surface area contributed by atoms with Crippen LogP contribution in [0.1, 0.15) is 24.8 Å². The molecule has 2 N–H and O–H groups in total. The maximum absolute atomic E-state index is 12.9. The van der Waals surface area contributed by atoms with Crippen LogP contribution in [-0.4, -0.2) is 16.6 Å². The van der Waals surface area contributed by atoms with Crippen LogP contribution in [0.25, 0.3) is 0 Å². The summed E-state index contributed by atoms with van der Waals surface area (Å²) in [5.74, 6) is -0.454. The molecule has 0 saturated carbocycles. The second-order valence-electron chi connectivity index (χ2n) is 4.33. The van der Waals surface area contributed by atoms with E-state index in [-0.39, 0.29) is 11.8 Å². The van der Waals surface area contributed by atoms with Crippen molar-refractivity contribution in [1.29, 1.82) is 0 Å². The molecule has 2 aromatic rings. The first-order chi connectivity index (χ1) is 9.16. The molecule has 0 aliphatic carbocycles. The van der Waals surface area contributed by atoms with Crippen LogP contribution in [0.15, 0.2) is 36.5 Å². The molecule has 0 saturated heterocycles. The van der Waals surface area contributed by atoms with Gasteiger partial charge < -0.3 is 10.5 Å². The number of benzene rings is 1. The van der Waals surface area contributed by atoms with E-state index in [1.807, 2.05) is 18.2 Å². The zero-order valence-electron chi connectivity index (χ0n) is 10.7. The average molecular weight is 261 g/mol. The van der Waals surface area contributed by atoms with Gasteiger partial charge in [-0.2, -0.15) is 4.98 Å². The second kappa shape index (κ2) is 6.13. The minimum atomic E-state index is -0.634. The van der Waals surface area contributed by atoms with Crippen LogP contribution in [0.4, 0.5) is 10.2 Å². The zero-order valence-corrected chi connectivity index (χ0v) is 10.7. The molecule has 100 valence electrons. The van der Waals surface area contributed by atoms with Crippen LogP contribution in [0.3, 0.4) is 0 Å². The Kier molecular flexibility index (Phi) is 4.28. The van der Waals surface area contributed by atoms with Crippen molar-refractivity contribution in [2.24, 2.45) is 0 Å². The van der Waals surface area contributed by atoms with Crippen molar-refractivity contribution in [1.82, 2.24) is 9.97 Å². The van der Waals surface area contributed by atoms with Gasteiger partial charge in [-0.05, 0) is 17.9 Å². The molecule has 0 aliphatic rings. The van der Waals surface area contributed by atoms with Crippen molar-refractivity contribution in [3.05, 3.63) is 47.9 Å². The number of aromatic nitrogens is 2. The second-order valence-corrected chi connectivity index (χ2v) is 4.33. The molecular weight excluding hydrogens is 245 g/mol. The van der Waals surface area contributed by atoms with Gasteiger partial charge in [0, 0.05) is 0 Å². The molecular formula is C14H16FN3O. The molecule has 1 aromatic heterocycles. The number of anilines is 1. The maximum Gasteiger partial charge on any atom is 0.318 e. The summed E-state index contributed by atoms with van der Waals surface area (Å²) in [6.45, 7) is 2.58. The molecule has 1 heterocycles. The smallest absolute Gasteiger partial charge is 0.318 e. The van der Waals surface area contributed by atoms with Gasteiger partial charge in [-0.3, -0.25) is 0 Å². The van der Waals surface area contributed by atoms with Crippen molar-refractivity contribution in [3.8, 4) is 6.01 Å². The highest BCUT2D eigenvalue weighted by Gasteiger charge is 2.07. The summed E-state index contributed by atoms with van der Waals surface area (Å²) in [5, 5.41) is 0. The molecule has 19 heavy (non-hydrogen) atoms. The summed E-state index contributed by atoms with van der Waals surface area (Å²) in [5.41, 5.74) is 6.59. The van der Waals surface area contributed by atoms with Gasteiger partial charge in [-0.1, -0.05) is 37.3 Å². The third kappa shape index (κ3) is 3.64. The molecule has 0 aliphatic heterocycles. The van der Waals surface area contributed by atoms with E-state index in [0.29, 0.717) is 12.5 Å². The molecule has 1 aromatic carbocycles. The van der Waals surface area contributed by atoms with Crippen molar-refractivity contribution in [2.45, 2.75) is 19.3 Å². The van der Waals surface area contributed by atoms with Crippen LogP contribution in [0.2, 0.25) is 0 Å². The fourth-order valence-corrected chi connectivity index (χ4v) is 1.71. The number of nitrogens with zero attached hydrogens (tertiary/aromatic N) is 2. The summed E-state index contributed by atoms with van der Waals surface area (Å²) < 4.78 is 18.2. The summed E-state index contributed by atoms with van der Waals surface area (Å²) in [7, 11) is 0. The van der Waals surface area contributed by atoms with Crippen LogP contribution >= 0.6 is 0 Å². The third-order valence-electron chi connectivity index (χ3n) is 2.90. The summed E-state index contributed by atoms with van der Waals surface area (Å²) in [4.78, 5) is 7.43. The molecule has 0 spiro atoms. The minimum absolute atomic E-state index is 0.110. The lowest BCUT2D eigenvalue weighted by Crippen LogP contribution is -2.07. The van der Waals surface area contributed by atoms with E-state index in [1.165, 1.54) is 5.56 Å². The largest absolute Gasteiger partial charge is 0.463 e. The Labute approximate surface area is 111 Å². The minimum Gasteiger partial charge on any atom is -0.463 e. The first kappa shape index (κ1) is 13.3. The number of ether oxygens (including phenoxy) is 1. The number of hydrogen-bond donors (Lipinski definition) is 1. The fraction of sp³-hybridized carbons (Fsp3) is 0.286. The molecule has 0 radical (unpaired) electrons. The number of hydrogen-bond acceptors (Lipinski definition) is 4. The lowest BCUT2D eigenvalue weighted by molar-refractivity contribution is 0.277. The van der Waals surface area contributed by atoms with E-state index < -0.39 is 5.82 Å². The Balaban J connectivity index is 1.85. The van der Waals surface area contributed by atoms with E-state index in [4.69, 9.17) is 10.5 Å². The van der Waals surface area contributed by atoms with Crippen molar-refractivity contribution in [2.75, 3.05) is 12.3 Å². The Bertz CT molecular complexity index is 533. The molecule has 1 atom stereocenters. The lowest BCUT2D eigenvalue weighted by Gasteiger charge is -2.11. The molecule has 1 unspecified atom stereocenters.